The molecule has 0 saturated carbocycles. The van der Waals surface area contributed by atoms with Gasteiger partial charge < -0.3 is 6.74 Å². The zero-order valence-electron chi connectivity index (χ0n) is 9.36. The van der Waals surface area contributed by atoms with Gasteiger partial charge >= 0.3 is 18.9 Å². The van der Waals surface area contributed by atoms with Crippen molar-refractivity contribution >= 4 is 16.0 Å². The zero-order valence-corrected chi connectivity index (χ0v) is 9.17. The second kappa shape index (κ2) is 7.07. The summed E-state index contributed by atoms with van der Waals surface area (Å²) < 4.78 is 29.0. The first-order valence-corrected chi connectivity index (χ1v) is 5.34. The minimum atomic E-state index is -3.94. The van der Waals surface area contributed by atoms with Gasteiger partial charge in [-0.1, -0.05) is 6.58 Å². The van der Waals surface area contributed by atoms with Gasteiger partial charge in [-0.25, -0.2) is 0 Å². The molecule has 0 aromatic rings. The fraction of sp³-hybridized carbons (Fsp3) is 0.571. The van der Waals surface area contributed by atoms with Gasteiger partial charge in [0.25, 0.3) is 10.1 Å². The Hall–Kier alpha value is -0.283. The van der Waals surface area contributed by atoms with E-state index in [2.05, 4.69) is 11.9 Å². The van der Waals surface area contributed by atoms with Crippen molar-refractivity contribution in [1.29, 1.82) is 0 Å². The topological polar surface area (TPSA) is 83.5 Å². The van der Waals surface area contributed by atoms with Crippen LogP contribution in [0.5, 0.6) is 0 Å². The minimum Gasteiger partial charge on any atom is -1.00 e. The van der Waals surface area contributed by atoms with Crippen molar-refractivity contribution in [2.45, 2.75) is 19.4 Å². The number of hydrogen-bond acceptors (Lipinski definition) is 3. The van der Waals surface area contributed by atoms with Crippen molar-refractivity contribution in [3.63, 3.8) is 0 Å². The van der Waals surface area contributed by atoms with E-state index in [1.807, 2.05) is 0 Å². The molecular formula is C7H14LiNO4S. The Labute approximate surface area is 97.4 Å². The van der Waals surface area contributed by atoms with Gasteiger partial charge in [-0.05, 0) is 19.4 Å². The predicted molar refractivity (Wildman–Crippen MR) is 49.9 cm³/mol. The summed E-state index contributed by atoms with van der Waals surface area (Å²) in [4.78, 5) is 10.7. The number of carbonyl (C=O) groups is 1. The maximum atomic E-state index is 10.7. The van der Waals surface area contributed by atoms with E-state index in [1.165, 1.54) is 0 Å². The molecule has 0 saturated heterocycles. The first-order valence-electron chi connectivity index (χ1n) is 3.73. The van der Waals surface area contributed by atoms with E-state index >= 15 is 0 Å². The van der Waals surface area contributed by atoms with Crippen molar-refractivity contribution in [3.05, 3.63) is 12.7 Å². The van der Waals surface area contributed by atoms with Crippen LogP contribution in [0.3, 0.4) is 0 Å². The maximum Gasteiger partial charge on any atom is 1.00 e. The fourth-order valence-corrected chi connectivity index (χ4v) is 1.35. The van der Waals surface area contributed by atoms with Gasteiger partial charge in [-0.15, -0.1) is 0 Å². The van der Waals surface area contributed by atoms with Gasteiger partial charge in [0.1, 0.15) is 0 Å². The van der Waals surface area contributed by atoms with E-state index in [4.69, 9.17) is 4.55 Å². The summed E-state index contributed by atoms with van der Waals surface area (Å²) in [5.74, 6) is -0.714. The van der Waals surface area contributed by atoms with Crippen molar-refractivity contribution in [2.24, 2.45) is 0 Å². The summed E-state index contributed by atoms with van der Waals surface area (Å²) in [6.07, 6.45) is 1.28. The monoisotopic (exact) mass is 215 g/mol. The van der Waals surface area contributed by atoms with Crippen LogP contribution in [0.4, 0.5) is 0 Å². The van der Waals surface area contributed by atoms with Crippen LogP contribution in [0, 0.1) is 0 Å². The molecule has 7 heteroatoms. The molecule has 0 aliphatic carbocycles. The normalized spacial score (nSPS) is 12.4. The van der Waals surface area contributed by atoms with Crippen molar-refractivity contribution in [2.75, 3.05) is 5.75 Å². The summed E-state index contributed by atoms with van der Waals surface area (Å²) in [7, 11) is -3.94. The first-order chi connectivity index (χ1) is 5.85. The molecule has 0 rings (SSSR count). The van der Waals surface area contributed by atoms with Gasteiger partial charge in [0.05, 0.1) is 5.75 Å². The number of nitrogens with one attached hydrogen (secondary N) is 1. The second-order valence-electron chi connectivity index (χ2n) is 2.69. The summed E-state index contributed by atoms with van der Waals surface area (Å²) >= 11 is 0. The third-order valence-corrected chi connectivity index (χ3v) is 2.13. The van der Waals surface area contributed by atoms with Crippen LogP contribution in [0.1, 0.15) is 14.8 Å². The number of rotatable bonds is 5. The predicted octanol–water partition coefficient (Wildman–Crippen LogP) is -2.93. The molecule has 0 radical (unpaired) electrons. The van der Waals surface area contributed by atoms with E-state index < -0.39 is 10.1 Å². The molecule has 0 aromatic heterocycles. The van der Waals surface area contributed by atoms with Crippen molar-refractivity contribution < 1.29 is 38.1 Å². The Morgan fingerprint density at radius 2 is 2.21 bits per heavy atom. The molecule has 78 valence electrons. The molecule has 5 nitrogen and oxygen atoms in total. The van der Waals surface area contributed by atoms with Crippen LogP contribution in [-0.2, 0) is 14.9 Å². The van der Waals surface area contributed by atoms with Crippen LogP contribution in [0.25, 0.3) is 0 Å². The fourth-order valence-electron chi connectivity index (χ4n) is 0.700. The van der Waals surface area contributed by atoms with E-state index in [9.17, 15) is 13.2 Å². The Morgan fingerprint density at radius 1 is 1.71 bits per heavy atom. The Bertz CT molecular complexity index is 293. The molecule has 0 heterocycles. The Balaban J connectivity index is -0.000000720. The molecule has 0 aliphatic rings. The number of carbonyl (C=O) groups excluding carboxylic acids is 1. The molecule has 0 aromatic carbocycles. The Kier molecular flexibility index (Phi) is 8.16. The number of hydrogen-bond donors (Lipinski definition) is 2. The van der Waals surface area contributed by atoms with Crippen LogP contribution < -0.4 is 24.2 Å². The third-order valence-electron chi connectivity index (χ3n) is 1.38. The third kappa shape index (κ3) is 9.80. The summed E-state index contributed by atoms with van der Waals surface area (Å²) in [6.45, 7) is 4.89. The summed E-state index contributed by atoms with van der Waals surface area (Å²) in [5.41, 5.74) is 0. The summed E-state index contributed by atoms with van der Waals surface area (Å²) in [6, 6.07) is -0.299. The molecule has 0 spiro atoms. The quantitative estimate of drug-likeness (QED) is 0.292. The van der Waals surface area contributed by atoms with E-state index in [1.54, 1.807) is 6.92 Å². The van der Waals surface area contributed by atoms with Crippen molar-refractivity contribution in [3.8, 4) is 0 Å². The minimum absolute atomic E-state index is 0. The van der Waals surface area contributed by atoms with Gasteiger partial charge in [0, 0.05) is 6.04 Å². The molecule has 0 fully saturated rings. The standard InChI is InChI=1S/C7H13NO4S.Li.H/c1-3-7(9)8-6(2)4-5-13(10,11)12;;/h3,6H,1,4-5H2,2H3,(H,8,9)(H,10,11,12);;/q;+1;-1. The van der Waals surface area contributed by atoms with E-state index in [0.717, 1.165) is 6.08 Å². The zero-order chi connectivity index (χ0) is 10.5. The van der Waals surface area contributed by atoms with E-state index in [-0.39, 0.29) is 44.4 Å². The number of amides is 1. The van der Waals surface area contributed by atoms with Crippen LogP contribution in [0.15, 0.2) is 12.7 Å². The van der Waals surface area contributed by atoms with Gasteiger partial charge in [0.15, 0.2) is 0 Å². The molecular weight excluding hydrogens is 201 g/mol. The molecule has 2 N–H and O–H groups in total. The van der Waals surface area contributed by atoms with Crippen LogP contribution >= 0.6 is 0 Å². The van der Waals surface area contributed by atoms with Crippen LogP contribution in [-0.4, -0.2) is 30.7 Å². The maximum absolute atomic E-state index is 10.7. The molecule has 1 atom stereocenters. The molecule has 1 unspecified atom stereocenters. The largest absolute Gasteiger partial charge is 1.00 e. The van der Waals surface area contributed by atoms with Crippen LogP contribution in [0.2, 0.25) is 0 Å². The average molecular weight is 215 g/mol. The second-order valence-corrected chi connectivity index (χ2v) is 4.26. The van der Waals surface area contributed by atoms with Crippen molar-refractivity contribution in [1.82, 2.24) is 5.32 Å². The average Bonchev–Trinajstić information content (AvgIpc) is 1.99. The Morgan fingerprint density at radius 3 is 2.57 bits per heavy atom. The molecule has 0 bridgehead atoms. The smallest absolute Gasteiger partial charge is 1.00 e. The molecule has 1 amide bonds. The molecule has 0 aliphatic heterocycles. The van der Waals surface area contributed by atoms with E-state index in [0.29, 0.717) is 0 Å². The van der Waals surface area contributed by atoms with Gasteiger partial charge in [0.2, 0.25) is 5.91 Å². The van der Waals surface area contributed by atoms with Gasteiger partial charge in [-0.2, -0.15) is 8.42 Å². The summed E-state index contributed by atoms with van der Waals surface area (Å²) in [5, 5.41) is 2.47. The SMILES string of the molecule is C=CC(=O)NC(C)CCS(=O)(=O)O.[H-].[Li+]. The first kappa shape index (κ1) is 16.2. The van der Waals surface area contributed by atoms with Gasteiger partial charge in [-0.3, -0.25) is 9.35 Å². The molecule has 14 heavy (non-hydrogen) atoms.